The Labute approximate surface area is 88.4 Å². The second-order valence-electron chi connectivity index (χ2n) is 2.49. The summed E-state index contributed by atoms with van der Waals surface area (Å²) in [6, 6.07) is 3.26. The number of hydrogen-bond acceptors (Lipinski definition) is 5. The Hall–Kier alpha value is -1.96. The van der Waals surface area contributed by atoms with Crippen LogP contribution in [-0.4, -0.2) is 15.0 Å². The summed E-state index contributed by atoms with van der Waals surface area (Å²) in [5.74, 6) is 0. The van der Waals surface area contributed by atoms with Crippen LogP contribution in [0.25, 0.3) is 0 Å². The van der Waals surface area contributed by atoms with Gasteiger partial charge in [0.2, 0.25) is 5.12 Å². The van der Waals surface area contributed by atoms with Crippen LogP contribution in [0.15, 0.2) is 18.2 Å². The van der Waals surface area contributed by atoms with E-state index in [1.165, 1.54) is 6.07 Å². The average Bonchev–Trinajstić information content (AvgIpc) is 2.16. The molecule has 8 heteroatoms. The molecule has 1 aromatic rings. The van der Waals surface area contributed by atoms with Crippen LogP contribution in [0.2, 0.25) is 0 Å². The number of rotatable bonds is 3. The maximum atomic E-state index is 10.9. The van der Waals surface area contributed by atoms with Crippen molar-refractivity contribution in [3.8, 4) is 0 Å². The Morgan fingerprint density at radius 3 is 2.20 bits per heavy atom. The third-order valence-electron chi connectivity index (χ3n) is 1.62. The standard InChI is InChI=1S/C7H4N2O5S/c10-7(15)4-2-1-3-5(8(11)12)6(4)9(13)14/h1-3H,(H,10,15). The summed E-state index contributed by atoms with van der Waals surface area (Å²) >= 11 is 3.40. The van der Waals surface area contributed by atoms with Gasteiger partial charge in [0.05, 0.1) is 9.85 Å². The number of benzene rings is 1. The maximum absolute atomic E-state index is 10.9. The molecule has 1 rings (SSSR count). The zero-order valence-corrected chi connectivity index (χ0v) is 8.01. The van der Waals surface area contributed by atoms with Gasteiger partial charge in [0.25, 0.3) is 0 Å². The average molecular weight is 228 g/mol. The molecule has 0 atom stereocenters. The molecule has 1 aromatic carbocycles. The summed E-state index contributed by atoms with van der Waals surface area (Å²) < 4.78 is 0. The van der Waals surface area contributed by atoms with E-state index in [4.69, 9.17) is 0 Å². The topological polar surface area (TPSA) is 103 Å². The maximum Gasteiger partial charge on any atom is 0.357 e. The molecule has 0 unspecified atom stereocenters. The fourth-order valence-corrected chi connectivity index (χ4v) is 1.22. The van der Waals surface area contributed by atoms with Gasteiger partial charge in [-0.15, -0.1) is 12.6 Å². The summed E-state index contributed by atoms with van der Waals surface area (Å²) in [5, 5.41) is 20.1. The zero-order valence-electron chi connectivity index (χ0n) is 7.11. The molecule has 0 radical (unpaired) electrons. The SMILES string of the molecule is O=C(S)c1cccc([N+](=O)[O-])c1[N+](=O)[O-]. The highest BCUT2D eigenvalue weighted by atomic mass is 32.1. The van der Waals surface area contributed by atoms with Crippen molar-refractivity contribution in [1.29, 1.82) is 0 Å². The van der Waals surface area contributed by atoms with E-state index in [1.807, 2.05) is 0 Å². The Balaban J connectivity index is 3.56. The van der Waals surface area contributed by atoms with E-state index in [2.05, 4.69) is 12.6 Å². The van der Waals surface area contributed by atoms with Gasteiger partial charge in [-0.3, -0.25) is 25.0 Å². The van der Waals surface area contributed by atoms with Crippen molar-refractivity contribution in [2.24, 2.45) is 0 Å². The minimum atomic E-state index is -0.971. The molecule has 0 saturated heterocycles. The molecule has 0 bridgehead atoms. The first-order chi connectivity index (χ1) is 6.95. The third kappa shape index (κ3) is 2.10. The lowest BCUT2D eigenvalue weighted by molar-refractivity contribution is -0.422. The number of hydrogen-bond donors (Lipinski definition) is 1. The number of nitro groups is 2. The molecular formula is C7H4N2O5S. The molecule has 0 N–H and O–H groups in total. The van der Waals surface area contributed by atoms with Gasteiger partial charge in [0.15, 0.2) is 0 Å². The number of nitro benzene ring substituents is 2. The summed E-state index contributed by atoms with van der Waals surface area (Å²) in [7, 11) is 0. The number of thiol groups is 1. The van der Waals surface area contributed by atoms with Gasteiger partial charge in [0, 0.05) is 6.07 Å². The Kier molecular flexibility index (Phi) is 3.00. The fraction of sp³-hybridized carbons (Fsp3) is 0. The van der Waals surface area contributed by atoms with Crippen molar-refractivity contribution in [2.45, 2.75) is 0 Å². The highest BCUT2D eigenvalue weighted by molar-refractivity contribution is 7.97. The van der Waals surface area contributed by atoms with Crippen molar-refractivity contribution in [1.82, 2.24) is 0 Å². The summed E-state index contributed by atoms with van der Waals surface area (Å²) in [5.41, 5.74) is -1.94. The van der Waals surface area contributed by atoms with Crippen LogP contribution < -0.4 is 0 Å². The monoisotopic (exact) mass is 228 g/mol. The number of carbonyl (C=O) groups excluding carboxylic acids is 1. The molecule has 0 heterocycles. The van der Waals surface area contributed by atoms with E-state index in [-0.39, 0.29) is 0 Å². The lowest BCUT2D eigenvalue weighted by Crippen LogP contribution is -2.02. The van der Waals surface area contributed by atoms with Crippen LogP contribution in [-0.2, 0) is 0 Å². The number of para-hydroxylation sites is 1. The van der Waals surface area contributed by atoms with Crippen LogP contribution >= 0.6 is 12.6 Å². The lowest BCUT2D eigenvalue weighted by atomic mass is 10.1. The minimum Gasteiger partial charge on any atom is -0.282 e. The molecular weight excluding hydrogens is 224 g/mol. The van der Waals surface area contributed by atoms with E-state index >= 15 is 0 Å². The van der Waals surface area contributed by atoms with Crippen LogP contribution in [0.3, 0.4) is 0 Å². The molecule has 0 aromatic heterocycles. The van der Waals surface area contributed by atoms with E-state index in [0.717, 1.165) is 12.1 Å². The van der Waals surface area contributed by atoms with E-state index in [0.29, 0.717) is 0 Å². The summed E-state index contributed by atoms with van der Waals surface area (Å²) in [6.45, 7) is 0. The first kappa shape index (κ1) is 11.1. The summed E-state index contributed by atoms with van der Waals surface area (Å²) in [6.07, 6.45) is 0. The van der Waals surface area contributed by atoms with Crippen molar-refractivity contribution in [3.63, 3.8) is 0 Å². The molecule has 0 aliphatic carbocycles. The lowest BCUT2D eigenvalue weighted by Gasteiger charge is -1.98. The predicted molar refractivity (Wildman–Crippen MR) is 53.1 cm³/mol. The largest absolute Gasteiger partial charge is 0.357 e. The third-order valence-corrected chi connectivity index (χ3v) is 1.87. The quantitative estimate of drug-likeness (QED) is 0.480. The van der Waals surface area contributed by atoms with Crippen LogP contribution in [0, 0.1) is 20.2 Å². The van der Waals surface area contributed by atoms with Crippen molar-refractivity contribution < 1.29 is 14.6 Å². The molecule has 78 valence electrons. The Morgan fingerprint density at radius 1 is 1.20 bits per heavy atom. The van der Waals surface area contributed by atoms with E-state index < -0.39 is 31.9 Å². The first-order valence-corrected chi connectivity index (χ1v) is 4.05. The van der Waals surface area contributed by atoms with Gasteiger partial charge in [-0.25, -0.2) is 0 Å². The van der Waals surface area contributed by atoms with Crippen molar-refractivity contribution >= 4 is 29.1 Å². The fourth-order valence-electron chi connectivity index (χ4n) is 1.04. The van der Waals surface area contributed by atoms with Crippen LogP contribution in [0.1, 0.15) is 10.4 Å². The van der Waals surface area contributed by atoms with Crippen LogP contribution in [0.5, 0.6) is 0 Å². The molecule has 0 aliphatic rings. The molecule has 0 saturated carbocycles. The highest BCUT2D eigenvalue weighted by Crippen LogP contribution is 2.30. The van der Waals surface area contributed by atoms with Gasteiger partial charge in [-0.2, -0.15) is 0 Å². The summed E-state index contributed by atoms with van der Waals surface area (Å²) in [4.78, 5) is 30.0. The van der Waals surface area contributed by atoms with Gasteiger partial charge >= 0.3 is 11.4 Å². The zero-order chi connectivity index (χ0) is 11.6. The van der Waals surface area contributed by atoms with Crippen molar-refractivity contribution in [2.75, 3.05) is 0 Å². The number of carbonyl (C=O) groups is 1. The second-order valence-corrected chi connectivity index (χ2v) is 2.90. The molecule has 0 aliphatic heterocycles. The molecule has 0 spiro atoms. The molecule has 0 fully saturated rings. The Morgan fingerprint density at radius 2 is 1.80 bits per heavy atom. The normalized spacial score (nSPS) is 9.67. The van der Waals surface area contributed by atoms with Gasteiger partial charge < -0.3 is 0 Å². The van der Waals surface area contributed by atoms with Gasteiger partial charge in [-0.1, -0.05) is 6.07 Å². The minimum absolute atomic E-state index is 0.391. The first-order valence-electron chi connectivity index (χ1n) is 3.60. The van der Waals surface area contributed by atoms with Gasteiger partial charge in [-0.05, 0) is 6.07 Å². The van der Waals surface area contributed by atoms with Crippen molar-refractivity contribution in [3.05, 3.63) is 44.0 Å². The smallest absolute Gasteiger partial charge is 0.282 e. The highest BCUT2D eigenvalue weighted by Gasteiger charge is 2.29. The van der Waals surface area contributed by atoms with E-state index in [9.17, 15) is 25.0 Å². The number of nitrogens with zero attached hydrogens (tertiary/aromatic N) is 2. The Bertz CT molecular complexity index is 426. The van der Waals surface area contributed by atoms with Crippen LogP contribution in [0.4, 0.5) is 11.4 Å². The molecule has 7 nitrogen and oxygen atoms in total. The van der Waals surface area contributed by atoms with Gasteiger partial charge in [0.1, 0.15) is 5.56 Å². The molecule has 15 heavy (non-hydrogen) atoms. The second kappa shape index (κ2) is 4.05. The predicted octanol–water partition coefficient (Wildman–Crippen LogP) is 1.57. The van der Waals surface area contributed by atoms with E-state index in [1.54, 1.807) is 0 Å². The molecule has 0 amide bonds.